The summed E-state index contributed by atoms with van der Waals surface area (Å²) in [6.45, 7) is 2.13. The highest BCUT2D eigenvalue weighted by Crippen LogP contribution is 2.40. The van der Waals surface area contributed by atoms with Gasteiger partial charge in [0.25, 0.3) is 0 Å². The van der Waals surface area contributed by atoms with E-state index in [2.05, 4.69) is 157 Å². The number of hydrogen-bond donors (Lipinski definition) is 0. The third-order valence-corrected chi connectivity index (χ3v) is 10.7. The molecular formula is C49H31NO2. The Morgan fingerprint density at radius 2 is 0.712 bits per heavy atom. The summed E-state index contributed by atoms with van der Waals surface area (Å²) >= 11 is 0. The fourth-order valence-corrected chi connectivity index (χ4v) is 8.02. The van der Waals surface area contributed by atoms with E-state index in [0.29, 0.717) is 0 Å². The van der Waals surface area contributed by atoms with Crippen LogP contribution in [0.2, 0.25) is 0 Å². The largest absolute Gasteiger partial charge is 0.456 e. The van der Waals surface area contributed by atoms with Gasteiger partial charge in [-0.15, -0.1) is 0 Å². The van der Waals surface area contributed by atoms with Gasteiger partial charge < -0.3 is 13.4 Å². The van der Waals surface area contributed by atoms with E-state index in [4.69, 9.17) is 8.83 Å². The third-order valence-electron chi connectivity index (χ3n) is 10.7. The van der Waals surface area contributed by atoms with Gasteiger partial charge in [0.15, 0.2) is 0 Å². The van der Waals surface area contributed by atoms with Gasteiger partial charge in [-0.3, -0.25) is 0 Å². The number of para-hydroxylation sites is 2. The molecule has 0 saturated carbocycles. The Morgan fingerprint density at radius 3 is 1.21 bits per heavy atom. The normalized spacial score (nSPS) is 11.9. The maximum atomic E-state index is 6.16. The van der Waals surface area contributed by atoms with Crippen molar-refractivity contribution in [2.75, 3.05) is 0 Å². The monoisotopic (exact) mass is 665 g/mol. The van der Waals surface area contributed by atoms with Crippen molar-refractivity contribution in [3.63, 3.8) is 0 Å². The second kappa shape index (κ2) is 11.1. The molecule has 0 N–H and O–H groups in total. The molecule has 0 aliphatic heterocycles. The molecule has 3 heteroatoms. The van der Waals surface area contributed by atoms with Crippen LogP contribution in [0.3, 0.4) is 0 Å². The Bertz CT molecular complexity index is 3000. The molecule has 11 aromatic rings. The zero-order chi connectivity index (χ0) is 34.3. The number of rotatable bonds is 4. The molecule has 244 valence electrons. The maximum Gasteiger partial charge on any atom is 0.135 e. The van der Waals surface area contributed by atoms with E-state index in [-0.39, 0.29) is 0 Å². The van der Waals surface area contributed by atoms with E-state index in [1.165, 1.54) is 49.6 Å². The van der Waals surface area contributed by atoms with Crippen LogP contribution in [0.5, 0.6) is 0 Å². The molecule has 3 aromatic heterocycles. The molecule has 0 radical (unpaired) electrons. The number of aromatic nitrogens is 1. The van der Waals surface area contributed by atoms with Crippen molar-refractivity contribution < 1.29 is 8.83 Å². The van der Waals surface area contributed by atoms with Gasteiger partial charge in [0.2, 0.25) is 0 Å². The Balaban J connectivity index is 1.11. The van der Waals surface area contributed by atoms with Gasteiger partial charge in [-0.1, -0.05) is 103 Å². The van der Waals surface area contributed by atoms with Crippen molar-refractivity contribution in [2.45, 2.75) is 6.92 Å². The summed E-state index contributed by atoms with van der Waals surface area (Å²) in [5.41, 5.74) is 15.5. The fourth-order valence-electron chi connectivity index (χ4n) is 8.02. The first-order valence-electron chi connectivity index (χ1n) is 17.7. The summed E-state index contributed by atoms with van der Waals surface area (Å²) in [5.74, 6) is 0. The molecule has 0 atom stereocenters. The second-order valence-electron chi connectivity index (χ2n) is 13.8. The molecule has 0 amide bonds. The molecular weight excluding hydrogens is 635 g/mol. The lowest BCUT2D eigenvalue weighted by atomic mass is 9.98. The highest BCUT2D eigenvalue weighted by molar-refractivity contribution is 6.13. The molecule has 0 fully saturated rings. The Kier molecular flexibility index (Phi) is 6.17. The molecule has 0 aliphatic carbocycles. The number of aryl methyl sites for hydroxylation is 1. The average Bonchev–Trinajstić information content (AvgIpc) is 3.86. The average molecular weight is 666 g/mol. The number of fused-ring (bicyclic) bond motifs is 9. The van der Waals surface area contributed by atoms with E-state index in [0.717, 1.165) is 60.7 Å². The Hall–Kier alpha value is -6.84. The number of benzene rings is 8. The van der Waals surface area contributed by atoms with Crippen molar-refractivity contribution >= 4 is 65.7 Å². The summed E-state index contributed by atoms with van der Waals surface area (Å²) in [5, 5.41) is 6.96. The van der Waals surface area contributed by atoms with Gasteiger partial charge in [0.05, 0.1) is 11.0 Å². The third kappa shape index (κ3) is 4.46. The first-order valence-corrected chi connectivity index (χ1v) is 17.7. The lowest BCUT2D eigenvalue weighted by Gasteiger charge is -2.10. The van der Waals surface area contributed by atoms with Crippen molar-refractivity contribution in [1.29, 1.82) is 0 Å². The molecule has 8 aromatic carbocycles. The molecule has 11 rings (SSSR count). The maximum absolute atomic E-state index is 6.16. The lowest BCUT2D eigenvalue weighted by Crippen LogP contribution is -1.94. The van der Waals surface area contributed by atoms with Crippen LogP contribution >= 0.6 is 0 Å². The fraction of sp³-hybridized carbons (Fsp3) is 0.0204. The molecule has 52 heavy (non-hydrogen) atoms. The zero-order valence-corrected chi connectivity index (χ0v) is 28.4. The van der Waals surface area contributed by atoms with Gasteiger partial charge in [-0.25, -0.2) is 0 Å². The minimum Gasteiger partial charge on any atom is -0.456 e. The molecule has 0 bridgehead atoms. The van der Waals surface area contributed by atoms with Gasteiger partial charge in [0.1, 0.15) is 22.3 Å². The van der Waals surface area contributed by atoms with E-state index >= 15 is 0 Å². The minimum atomic E-state index is 0.906. The van der Waals surface area contributed by atoms with E-state index in [9.17, 15) is 0 Å². The predicted molar refractivity (Wildman–Crippen MR) is 216 cm³/mol. The van der Waals surface area contributed by atoms with Crippen molar-refractivity contribution in [2.24, 2.45) is 0 Å². The van der Waals surface area contributed by atoms with Crippen LogP contribution in [-0.2, 0) is 0 Å². The van der Waals surface area contributed by atoms with Crippen LogP contribution in [0.1, 0.15) is 5.56 Å². The van der Waals surface area contributed by atoms with Crippen molar-refractivity contribution in [3.05, 3.63) is 175 Å². The van der Waals surface area contributed by atoms with Crippen LogP contribution in [0.15, 0.2) is 179 Å². The quantitative estimate of drug-likeness (QED) is 0.187. The zero-order valence-electron chi connectivity index (χ0n) is 28.4. The van der Waals surface area contributed by atoms with Crippen LogP contribution < -0.4 is 0 Å². The minimum absolute atomic E-state index is 0.906. The second-order valence-corrected chi connectivity index (χ2v) is 13.8. The highest BCUT2D eigenvalue weighted by Gasteiger charge is 2.17. The Morgan fingerprint density at radius 1 is 0.327 bits per heavy atom. The molecule has 0 saturated heterocycles. The standard InChI is InChI=1S/C49H31NO2/c1-30-10-12-31(13-11-30)32-14-20-37(21-15-32)50-44-22-16-33(35-18-24-48-42(28-35)38-6-2-4-8-46(38)51-48)26-40(44)41-27-34(17-23-45(41)50)36-19-25-49-43(29-36)39-7-3-5-9-47(39)52-49/h2-29H,1H3. The summed E-state index contributed by atoms with van der Waals surface area (Å²) < 4.78 is 14.7. The van der Waals surface area contributed by atoms with Gasteiger partial charge in [-0.05, 0) is 113 Å². The Labute approximate surface area is 299 Å². The molecule has 3 heterocycles. The van der Waals surface area contributed by atoms with Crippen molar-refractivity contribution in [3.8, 4) is 39.1 Å². The molecule has 3 nitrogen and oxygen atoms in total. The topological polar surface area (TPSA) is 31.2 Å². The van der Waals surface area contributed by atoms with Crippen LogP contribution in [0.4, 0.5) is 0 Å². The molecule has 0 aliphatic rings. The van der Waals surface area contributed by atoms with E-state index in [1.54, 1.807) is 0 Å². The highest BCUT2D eigenvalue weighted by atomic mass is 16.3. The molecule has 0 unspecified atom stereocenters. The van der Waals surface area contributed by atoms with Gasteiger partial charge in [-0.2, -0.15) is 0 Å². The first kappa shape index (κ1) is 28.9. The van der Waals surface area contributed by atoms with E-state index in [1.807, 2.05) is 24.3 Å². The number of hydrogen-bond acceptors (Lipinski definition) is 2. The predicted octanol–water partition coefficient (Wildman–Crippen LogP) is 13.9. The summed E-state index contributed by atoms with van der Waals surface area (Å²) in [4.78, 5) is 0. The number of furan rings is 2. The van der Waals surface area contributed by atoms with Crippen LogP contribution in [0, 0.1) is 6.92 Å². The smallest absolute Gasteiger partial charge is 0.135 e. The van der Waals surface area contributed by atoms with Gasteiger partial charge in [0, 0.05) is 38.0 Å². The van der Waals surface area contributed by atoms with Crippen LogP contribution in [0.25, 0.3) is 105 Å². The van der Waals surface area contributed by atoms with Crippen LogP contribution in [-0.4, -0.2) is 4.57 Å². The van der Waals surface area contributed by atoms with Crippen molar-refractivity contribution in [1.82, 2.24) is 4.57 Å². The summed E-state index contributed by atoms with van der Waals surface area (Å²) in [6.07, 6.45) is 0. The van der Waals surface area contributed by atoms with Gasteiger partial charge >= 0.3 is 0 Å². The SMILES string of the molecule is Cc1ccc(-c2ccc(-n3c4ccc(-c5ccc6oc7ccccc7c6c5)cc4c4cc(-c5ccc6oc7ccccc7c6c5)ccc43)cc2)cc1. The number of nitrogens with zero attached hydrogens (tertiary/aromatic N) is 1. The lowest BCUT2D eigenvalue weighted by molar-refractivity contribution is 0.668. The molecule has 0 spiro atoms. The van der Waals surface area contributed by atoms with E-state index < -0.39 is 0 Å². The first-order chi connectivity index (χ1) is 25.6. The summed E-state index contributed by atoms with van der Waals surface area (Å²) in [6, 6.07) is 61.1. The summed E-state index contributed by atoms with van der Waals surface area (Å²) in [7, 11) is 0.